The molecule has 1 aliphatic heterocycles. The average Bonchev–Trinajstić information content (AvgIpc) is 3.14. The Hall–Kier alpha value is -3.32. The van der Waals surface area contributed by atoms with Crippen LogP contribution in [0.15, 0.2) is 41.4 Å². The summed E-state index contributed by atoms with van der Waals surface area (Å²) < 4.78 is 11.3. The summed E-state index contributed by atoms with van der Waals surface area (Å²) in [6, 6.07) is 11.2. The molecule has 1 aliphatic rings. The lowest BCUT2D eigenvalue weighted by molar-refractivity contribution is 0.101. The Kier molecular flexibility index (Phi) is 6.70. The van der Waals surface area contributed by atoms with Crippen LogP contribution in [0.2, 0.25) is 0 Å². The molecule has 1 aromatic heterocycles. The number of aromatic nitrogens is 1. The van der Waals surface area contributed by atoms with Gasteiger partial charge in [-0.3, -0.25) is 9.79 Å². The summed E-state index contributed by atoms with van der Waals surface area (Å²) in [7, 11) is 3.73. The fourth-order valence-electron chi connectivity index (χ4n) is 4.32. The van der Waals surface area contributed by atoms with E-state index in [-0.39, 0.29) is 17.7 Å². The molecule has 0 spiro atoms. The molecule has 33 heavy (non-hydrogen) atoms. The number of hydrogen-bond acceptors (Lipinski definition) is 6. The van der Waals surface area contributed by atoms with E-state index >= 15 is 0 Å². The van der Waals surface area contributed by atoms with Gasteiger partial charge in [0.15, 0.2) is 23.2 Å². The number of piperidine rings is 1. The summed E-state index contributed by atoms with van der Waals surface area (Å²) in [5, 5.41) is 11.7. The van der Waals surface area contributed by atoms with Gasteiger partial charge in [0.1, 0.15) is 0 Å². The number of Topliss-reactive ketones (excluding diaryl/α,β-unsaturated/α-hetero) is 1. The van der Waals surface area contributed by atoms with Crippen LogP contribution >= 0.6 is 0 Å². The third-order valence-corrected chi connectivity index (χ3v) is 6.16. The maximum Gasteiger partial charge on any atom is 0.199 e. The smallest absolute Gasteiger partial charge is 0.199 e. The quantitative estimate of drug-likeness (QED) is 0.412. The molecular formula is C26H31N3O4. The number of aliphatic imine (C=N–C) groups is 1. The first-order chi connectivity index (χ1) is 15.9. The monoisotopic (exact) mass is 449 g/mol. The molecule has 174 valence electrons. The summed E-state index contributed by atoms with van der Waals surface area (Å²) in [5.74, 6) is 1.27. The molecule has 3 aromatic rings. The topological polar surface area (TPSA) is 87.2 Å². The number of methoxy groups -OCH3 is 1. The average molecular weight is 450 g/mol. The maximum atomic E-state index is 12.0. The van der Waals surface area contributed by atoms with E-state index in [1.54, 1.807) is 13.2 Å². The van der Waals surface area contributed by atoms with E-state index in [9.17, 15) is 9.90 Å². The largest absolute Gasteiger partial charge is 0.494 e. The van der Waals surface area contributed by atoms with E-state index in [1.165, 1.54) is 6.92 Å². The fourth-order valence-corrected chi connectivity index (χ4v) is 4.32. The molecular weight excluding hydrogens is 418 g/mol. The van der Waals surface area contributed by atoms with Crippen molar-refractivity contribution in [2.75, 3.05) is 33.9 Å². The van der Waals surface area contributed by atoms with Gasteiger partial charge in [0.2, 0.25) is 0 Å². The molecule has 7 nitrogen and oxygen atoms in total. The predicted molar refractivity (Wildman–Crippen MR) is 130 cm³/mol. The van der Waals surface area contributed by atoms with Gasteiger partial charge in [-0.25, -0.2) is 0 Å². The van der Waals surface area contributed by atoms with Crippen LogP contribution in [0.25, 0.3) is 10.9 Å². The van der Waals surface area contributed by atoms with Crippen molar-refractivity contribution >= 4 is 22.4 Å². The van der Waals surface area contributed by atoms with E-state index in [2.05, 4.69) is 16.9 Å². The number of ether oxygens (including phenoxy) is 2. The molecule has 0 amide bonds. The third-order valence-electron chi connectivity index (χ3n) is 6.16. The first kappa shape index (κ1) is 22.9. The van der Waals surface area contributed by atoms with Gasteiger partial charge in [0, 0.05) is 22.0 Å². The van der Waals surface area contributed by atoms with Crippen LogP contribution in [0.1, 0.15) is 48.2 Å². The molecule has 0 aliphatic carbocycles. The number of nitrogens with one attached hydrogen (secondary N) is 1. The number of aromatic hydroxyl groups is 1. The number of nitrogens with zero attached hydrogens (tertiary/aromatic N) is 2. The number of carbonyl (C=O) groups excluding carboxylic acids is 1. The van der Waals surface area contributed by atoms with Crippen molar-refractivity contribution in [1.29, 1.82) is 0 Å². The number of carbonyl (C=O) groups is 1. The lowest BCUT2D eigenvalue weighted by atomic mass is 9.97. The Balaban J connectivity index is 1.90. The molecule has 1 fully saturated rings. The van der Waals surface area contributed by atoms with Crippen LogP contribution < -0.4 is 9.47 Å². The minimum atomic E-state index is -0.0277. The maximum absolute atomic E-state index is 12.0. The number of benzene rings is 2. The lowest BCUT2D eigenvalue weighted by Gasteiger charge is -2.27. The van der Waals surface area contributed by atoms with Gasteiger partial charge in [0.25, 0.3) is 0 Å². The highest BCUT2D eigenvalue weighted by atomic mass is 16.5. The van der Waals surface area contributed by atoms with Crippen LogP contribution in [0.4, 0.5) is 0 Å². The minimum absolute atomic E-state index is 0.0277. The highest BCUT2D eigenvalue weighted by molar-refractivity contribution is 6.22. The fraction of sp³-hybridized carbons (Fsp3) is 0.385. The van der Waals surface area contributed by atoms with Gasteiger partial charge >= 0.3 is 0 Å². The Labute approximate surface area is 194 Å². The molecule has 0 atom stereocenters. The lowest BCUT2D eigenvalue weighted by Crippen LogP contribution is -2.32. The van der Waals surface area contributed by atoms with E-state index in [1.807, 2.05) is 37.3 Å². The highest BCUT2D eigenvalue weighted by Gasteiger charge is 2.23. The van der Waals surface area contributed by atoms with Gasteiger partial charge < -0.3 is 24.5 Å². The molecule has 0 bridgehead atoms. The molecule has 1 saturated heterocycles. The van der Waals surface area contributed by atoms with Crippen molar-refractivity contribution < 1.29 is 19.4 Å². The molecule has 0 unspecified atom stereocenters. The van der Waals surface area contributed by atoms with Crippen LogP contribution in [0.3, 0.4) is 0 Å². The van der Waals surface area contributed by atoms with Crippen LogP contribution in [0, 0.1) is 0 Å². The van der Waals surface area contributed by atoms with Crippen molar-refractivity contribution in [2.45, 2.75) is 32.7 Å². The van der Waals surface area contributed by atoms with Crippen molar-refractivity contribution in [3.05, 3.63) is 53.1 Å². The predicted octanol–water partition coefficient (Wildman–Crippen LogP) is 4.42. The number of ketones is 1. The summed E-state index contributed by atoms with van der Waals surface area (Å²) in [4.78, 5) is 22.5. The molecule has 2 N–H and O–H groups in total. The highest BCUT2D eigenvalue weighted by Crippen LogP contribution is 2.35. The molecule has 2 heterocycles. The second-order valence-corrected chi connectivity index (χ2v) is 8.48. The Morgan fingerprint density at radius 1 is 1.15 bits per heavy atom. The molecule has 0 radical (unpaired) electrons. The zero-order valence-corrected chi connectivity index (χ0v) is 19.6. The van der Waals surface area contributed by atoms with Crippen LogP contribution in [-0.4, -0.2) is 66.4 Å². The second kappa shape index (κ2) is 9.67. The summed E-state index contributed by atoms with van der Waals surface area (Å²) >= 11 is 0. The summed E-state index contributed by atoms with van der Waals surface area (Å²) in [5.41, 5.74) is 3.43. The molecule has 4 rings (SSSR count). The SMILES string of the molecule is CCOc1ccc(C(=NC2CCN(C)CC2)c2c(O)[nH]c3ccc(C(C)=O)cc23)cc1OC. The van der Waals surface area contributed by atoms with E-state index in [4.69, 9.17) is 14.5 Å². The number of hydrogen-bond donors (Lipinski definition) is 2. The second-order valence-electron chi connectivity index (χ2n) is 8.48. The summed E-state index contributed by atoms with van der Waals surface area (Å²) in [6.07, 6.45) is 1.88. The summed E-state index contributed by atoms with van der Waals surface area (Å²) in [6.45, 7) is 5.95. The Bertz CT molecular complexity index is 1190. The standard InChI is InChI=1S/C26H31N3O4/c1-5-33-22-9-7-18(15-23(22)32-4)25(27-19-10-12-29(3)13-11-19)24-20-14-17(16(2)30)6-8-21(20)28-26(24)31/h6-9,14-15,19,28,31H,5,10-13H2,1-4H3. The third kappa shape index (κ3) is 4.73. The van der Waals surface area contributed by atoms with E-state index in [0.29, 0.717) is 34.9 Å². The van der Waals surface area contributed by atoms with Gasteiger partial charge in [-0.05, 0) is 83.2 Å². The Morgan fingerprint density at radius 3 is 2.55 bits per heavy atom. The number of H-pyrrole nitrogens is 1. The minimum Gasteiger partial charge on any atom is -0.494 e. The van der Waals surface area contributed by atoms with Crippen LogP contribution in [-0.2, 0) is 0 Å². The Morgan fingerprint density at radius 2 is 1.88 bits per heavy atom. The van der Waals surface area contributed by atoms with Crippen LogP contribution in [0.5, 0.6) is 17.4 Å². The first-order valence-corrected chi connectivity index (χ1v) is 11.3. The zero-order valence-electron chi connectivity index (χ0n) is 19.6. The van der Waals surface area contributed by atoms with Crippen molar-refractivity contribution in [1.82, 2.24) is 9.88 Å². The molecule has 2 aromatic carbocycles. The number of fused-ring (bicyclic) bond motifs is 1. The van der Waals surface area contributed by atoms with Gasteiger partial charge in [0.05, 0.1) is 31.0 Å². The van der Waals surface area contributed by atoms with Gasteiger partial charge in [-0.15, -0.1) is 0 Å². The van der Waals surface area contributed by atoms with Crippen molar-refractivity contribution in [2.24, 2.45) is 4.99 Å². The van der Waals surface area contributed by atoms with E-state index in [0.717, 1.165) is 42.4 Å². The number of aromatic amines is 1. The molecule has 0 saturated carbocycles. The van der Waals surface area contributed by atoms with Gasteiger partial charge in [-0.1, -0.05) is 0 Å². The van der Waals surface area contributed by atoms with E-state index < -0.39 is 0 Å². The first-order valence-electron chi connectivity index (χ1n) is 11.3. The van der Waals surface area contributed by atoms with Crippen molar-refractivity contribution in [3.63, 3.8) is 0 Å². The molecule has 7 heteroatoms. The number of likely N-dealkylation sites (tertiary alicyclic amines) is 1. The van der Waals surface area contributed by atoms with Crippen molar-refractivity contribution in [3.8, 4) is 17.4 Å². The zero-order chi connectivity index (χ0) is 23.5. The normalized spacial score (nSPS) is 15.7. The van der Waals surface area contributed by atoms with Gasteiger partial charge in [-0.2, -0.15) is 0 Å². The number of rotatable bonds is 7.